The lowest BCUT2D eigenvalue weighted by atomic mass is 10.0. The third-order valence-electron chi connectivity index (χ3n) is 8.47. The normalized spacial score (nSPS) is 12.1. The maximum Gasteiger partial charge on any atom is 0.276 e. The molecule has 3 aromatic carbocycles. The zero-order valence-electron chi connectivity index (χ0n) is 26.5. The highest BCUT2D eigenvalue weighted by Gasteiger charge is 2.28. The molecule has 6 aromatic rings. The summed E-state index contributed by atoms with van der Waals surface area (Å²) < 4.78 is 14.4. The first-order valence-corrected chi connectivity index (χ1v) is 16.5. The van der Waals surface area contributed by atoms with Crippen LogP contribution in [0.4, 0.5) is 21.6 Å². The molecule has 2 amide bonds. The van der Waals surface area contributed by atoms with E-state index in [-0.39, 0.29) is 17.5 Å². The van der Waals surface area contributed by atoms with E-state index in [2.05, 4.69) is 28.5 Å². The van der Waals surface area contributed by atoms with Gasteiger partial charge in [-0.3, -0.25) is 14.6 Å². The van der Waals surface area contributed by atoms with E-state index in [1.165, 1.54) is 17.4 Å². The van der Waals surface area contributed by atoms with Gasteiger partial charge in [-0.25, -0.2) is 9.37 Å². The van der Waals surface area contributed by atoms with Gasteiger partial charge in [-0.05, 0) is 83.6 Å². The zero-order chi connectivity index (χ0) is 33.2. The first-order valence-electron chi connectivity index (χ1n) is 15.6. The van der Waals surface area contributed by atoms with Crippen LogP contribution in [0, 0.1) is 12.7 Å². The van der Waals surface area contributed by atoms with E-state index in [1.54, 1.807) is 36.2 Å². The largest absolute Gasteiger partial charge is 0.355 e. The van der Waals surface area contributed by atoms with Gasteiger partial charge >= 0.3 is 0 Å². The minimum Gasteiger partial charge on any atom is -0.355 e. The Morgan fingerprint density at radius 2 is 1.75 bits per heavy atom. The number of carbonyl (C=O) groups is 2. The Morgan fingerprint density at radius 1 is 0.938 bits per heavy atom. The number of nitrogens with one attached hydrogen (secondary N) is 1. The number of para-hydroxylation sites is 2. The number of aromatic nitrogens is 2. The van der Waals surface area contributed by atoms with E-state index in [0.717, 1.165) is 38.4 Å². The molecule has 0 saturated carbocycles. The van der Waals surface area contributed by atoms with E-state index in [4.69, 9.17) is 4.98 Å². The van der Waals surface area contributed by atoms with Crippen LogP contribution in [0.15, 0.2) is 116 Å². The number of fused-ring (bicyclic) bond motifs is 3. The van der Waals surface area contributed by atoms with Gasteiger partial charge in [0.2, 0.25) is 0 Å². The monoisotopic (exact) mass is 653 g/mol. The Bertz CT molecular complexity index is 2130. The number of amides is 2. The minimum atomic E-state index is -0.472. The summed E-state index contributed by atoms with van der Waals surface area (Å²) in [5.41, 5.74) is 7.03. The van der Waals surface area contributed by atoms with Gasteiger partial charge in [-0.15, -0.1) is 11.3 Å². The third kappa shape index (κ3) is 6.20. The van der Waals surface area contributed by atoms with Crippen molar-refractivity contribution in [3.63, 3.8) is 0 Å². The molecule has 0 atom stereocenters. The van der Waals surface area contributed by atoms with Gasteiger partial charge in [0.15, 0.2) is 0 Å². The van der Waals surface area contributed by atoms with Crippen LogP contribution in [-0.4, -0.2) is 35.4 Å². The first kappa shape index (κ1) is 31.0. The number of anilines is 3. The number of pyridine rings is 2. The maximum atomic E-state index is 14.4. The van der Waals surface area contributed by atoms with Crippen LogP contribution in [-0.2, 0) is 13.0 Å². The van der Waals surface area contributed by atoms with Crippen molar-refractivity contribution in [1.29, 1.82) is 0 Å². The lowest BCUT2D eigenvalue weighted by Crippen LogP contribution is -2.33. The van der Waals surface area contributed by atoms with Crippen molar-refractivity contribution in [2.24, 2.45) is 0 Å². The summed E-state index contributed by atoms with van der Waals surface area (Å²) in [6.07, 6.45) is 4.16. The van der Waals surface area contributed by atoms with Crippen LogP contribution in [0.1, 0.15) is 36.9 Å². The van der Waals surface area contributed by atoms with E-state index in [1.807, 2.05) is 78.8 Å². The van der Waals surface area contributed by atoms with Crippen molar-refractivity contribution < 1.29 is 14.0 Å². The number of hydrogen-bond acceptors (Lipinski definition) is 6. The van der Waals surface area contributed by atoms with Crippen molar-refractivity contribution in [1.82, 2.24) is 9.97 Å². The van der Waals surface area contributed by atoms with Gasteiger partial charge in [0.25, 0.3) is 11.8 Å². The number of carbonyl (C=O) groups excluding carboxylic acids is 2. The molecule has 1 aliphatic heterocycles. The van der Waals surface area contributed by atoms with Crippen LogP contribution in [0.3, 0.4) is 0 Å². The molecule has 0 saturated heterocycles. The van der Waals surface area contributed by atoms with Crippen molar-refractivity contribution in [2.45, 2.75) is 19.9 Å². The molecule has 4 heterocycles. The lowest BCUT2D eigenvalue weighted by Gasteiger charge is -2.24. The first-order chi connectivity index (χ1) is 23.4. The average Bonchev–Trinajstić information content (AvgIpc) is 3.48. The zero-order valence-corrected chi connectivity index (χ0v) is 27.3. The van der Waals surface area contributed by atoms with Gasteiger partial charge in [-0.2, -0.15) is 0 Å². The third-order valence-corrected chi connectivity index (χ3v) is 9.68. The fourth-order valence-electron chi connectivity index (χ4n) is 6.02. The number of nitrogens with zero attached hydrogens (tertiary/aromatic N) is 4. The van der Waals surface area contributed by atoms with Crippen LogP contribution in [0.2, 0.25) is 0 Å². The predicted molar refractivity (Wildman–Crippen MR) is 190 cm³/mol. The summed E-state index contributed by atoms with van der Waals surface area (Å²) in [4.78, 5) is 41.6. The number of thiophene rings is 1. The van der Waals surface area contributed by atoms with Crippen molar-refractivity contribution >= 4 is 40.3 Å². The molecule has 0 aliphatic carbocycles. The summed E-state index contributed by atoms with van der Waals surface area (Å²) in [5.74, 6) is -0.337. The highest BCUT2D eigenvalue weighted by molar-refractivity contribution is 7.17. The summed E-state index contributed by atoms with van der Waals surface area (Å²) in [6.45, 7) is 2.78. The van der Waals surface area contributed by atoms with Crippen LogP contribution in [0.25, 0.3) is 21.6 Å². The molecule has 0 unspecified atom stereocenters. The number of aryl methyl sites for hydroxylation is 1. The van der Waals surface area contributed by atoms with E-state index < -0.39 is 5.82 Å². The fraction of sp³-hybridized carbons (Fsp3) is 0.128. The second kappa shape index (κ2) is 13.2. The molecule has 1 N–H and O–H groups in total. The highest BCUT2D eigenvalue weighted by atomic mass is 32.1. The Kier molecular flexibility index (Phi) is 8.52. The molecular weight excluding hydrogens is 622 g/mol. The predicted octanol–water partition coefficient (Wildman–Crippen LogP) is 8.41. The quantitative estimate of drug-likeness (QED) is 0.187. The van der Waals surface area contributed by atoms with Crippen molar-refractivity contribution in [3.05, 3.63) is 149 Å². The molecule has 3 aromatic heterocycles. The molecule has 1 aliphatic rings. The van der Waals surface area contributed by atoms with E-state index in [9.17, 15) is 14.0 Å². The summed E-state index contributed by atoms with van der Waals surface area (Å²) in [6, 6.07) is 32.1. The highest BCUT2D eigenvalue weighted by Crippen LogP contribution is 2.42. The molecule has 7 rings (SSSR count). The Morgan fingerprint density at radius 3 is 2.58 bits per heavy atom. The van der Waals surface area contributed by atoms with Gasteiger partial charge in [-0.1, -0.05) is 60.7 Å². The fourth-order valence-corrected chi connectivity index (χ4v) is 7.15. The van der Waals surface area contributed by atoms with Gasteiger partial charge in [0.05, 0.1) is 16.3 Å². The smallest absolute Gasteiger partial charge is 0.276 e. The molecule has 48 heavy (non-hydrogen) atoms. The molecule has 7 nitrogen and oxygen atoms in total. The summed E-state index contributed by atoms with van der Waals surface area (Å²) in [7, 11) is 1.97. The topological polar surface area (TPSA) is 78.4 Å². The van der Waals surface area contributed by atoms with Crippen molar-refractivity contribution in [3.8, 4) is 21.6 Å². The van der Waals surface area contributed by atoms with Gasteiger partial charge < -0.3 is 15.1 Å². The molecule has 0 spiro atoms. The Labute approximate surface area is 282 Å². The summed E-state index contributed by atoms with van der Waals surface area (Å²) in [5, 5.41) is 2.75. The molecule has 0 fully saturated rings. The number of rotatable bonds is 7. The van der Waals surface area contributed by atoms with Crippen LogP contribution in [0.5, 0.6) is 0 Å². The van der Waals surface area contributed by atoms with Gasteiger partial charge in [0, 0.05) is 43.0 Å². The minimum absolute atomic E-state index is 0.182. The maximum absolute atomic E-state index is 14.4. The number of halogens is 1. The standard InChI is InChI=1S/C39H32FN5O2S/c1-25-9-5-14-31(40)36(25)43-38(46)34-22-28-18-20-45(33-16-4-3-13-30(33)37(28)48-34)39(47)32-15-7-17-35(42-32)44(2)24-26-10-6-11-27(21-26)29-12-8-19-41-23-29/h3-17,19,21-23H,18,20,24H2,1-2H3,(H,43,46). The molecule has 238 valence electrons. The van der Waals surface area contributed by atoms with Crippen molar-refractivity contribution in [2.75, 3.05) is 28.7 Å². The van der Waals surface area contributed by atoms with E-state index >= 15 is 0 Å². The Hall–Kier alpha value is -5.67. The second-order valence-electron chi connectivity index (χ2n) is 11.8. The SMILES string of the molecule is Cc1cccc(F)c1NC(=O)c1cc2c(s1)-c1ccccc1N(C(=O)c1cccc(N(C)Cc3cccc(-c4cccnc4)c3)n1)CC2. The van der Waals surface area contributed by atoms with E-state index in [0.29, 0.717) is 41.5 Å². The lowest BCUT2D eigenvalue weighted by molar-refractivity contribution is 0.0981. The molecule has 0 radical (unpaired) electrons. The molecule has 9 heteroatoms. The van der Waals surface area contributed by atoms with Crippen LogP contribution >= 0.6 is 11.3 Å². The second-order valence-corrected chi connectivity index (χ2v) is 12.8. The van der Waals surface area contributed by atoms with Crippen LogP contribution < -0.4 is 15.1 Å². The number of hydrogen-bond donors (Lipinski definition) is 1. The Balaban J connectivity index is 1.12. The number of benzene rings is 3. The average molecular weight is 654 g/mol. The van der Waals surface area contributed by atoms with Gasteiger partial charge in [0.1, 0.15) is 17.3 Å². The molecule has 0 bridgehead atoms. The molecular formula is C39H32FN5O2S. The summed E-state index contributed by atoms with van der Waals surface area (Å²) >= 11 is 1.35.